The second kappa shape index (κ2) is 37.8. The maximum atomic E-state index is 15.1. The predicted octanol–water partition coefficient (Wildman–Crippen LogP) is 15.8. The van der Waals surface area contributed by atoms with Crippen LogP contribution in [0.4, 0.5) is 109 Å². The molecule has 6 aromatic carbocycles. The Bertz CT molecular complexity index is 4330. The van der Waals surface area contributed by atoms with Gasteiger partial charge in [0.25, 0.3) is 35.5 Å². The Morgan fingerprint density at radius 2 is 0.768 bits per heavy atom. The summed E-state index contributed by atoms with van der Waals surface area (Å²) in [6.07, 6.45) is -21.9. The lowest BCUT2D eigenvalue weighted by molar-refractivity contribution is -0.138. The quantitative estimate of drug-likeness (QED) is 0.0306. The lowest BCUT2D eigenvalue weighted by Crippen LogP contribution is -2.34. The molecular weight excluding hydrogens is 1570 g/mol. The number of nitrogens with two attached hydrogens (primary N) is 1. The summed E-state index contributed by atoms with van der Waals surface area (Å²) in [5.41, 5.74) is -8.09. The first-order valence-electron chi connectivity index (χ1n) is 32.8. The Morgan fingerprint density at radius 1 is 0.482 bits per heavy atom. The lowest BCUT2D eigenvalue weighted by atomic mass is 9.96. The predicted molar refractivity (Wildman–Crippen MR) is 364 cm³/mol. The van der Waals surface area contributed by atoms with Gasteiger partial charge in [0.2, 0.25) is 11.1 Å². The third-order valence-electron chi connectivity index (χ3n) is 15.8. The number of rotatable bonds is 18. The van der Waals surface area contributed by atoms with Crippen LogP contribution in [0.1, 0.15) is 104 Å². The second-order valence-corrected chi connectivity index (χ2v) is 24.8. The number of allylic oxidation sites excluding steroid dienone is 4. The summed E-state index contributed by atoms with van der Waals surface area (Å²) in [6, 6.07) is 14.0. The van der Waals surface area contributed by atoms with E-state index < -0.39 is 239 Å². The van der Waals surface area contributed by atoms with Crippen molar-refractivity contribution in [3.63, 3.8) is 0 Å². The molecule has 0 spiro atoms. The van der Waals surface area contributed by atoms with E-state index in [9.17, 15) is 112 Å². The van der Waals surface area contributed by atoms with Gasteiger partial charge < -0.3 is 55.3 Å². The minimum absolute atomic E-state index is 0.0972. The number of alkyl halides is 18. The van der Waals surface area contributed by atoms with Gasteiger partial charge in [-0.3, -0.25) is 24.0 Å². The summed E-state index contributed by atoms with van der Waals surface area (Å²) in [5, 5.41) is 26.5. The standard InChI is InChI=1S/C25H23F7N2O4.C23H17ClF7NO3.C23H18F7NO4.C2H7NO/c1-14(26)13-38-16-3-4-17(20(11-16)25(30,31)32)23(37)34-8-6-24(28,29)19(12-22(36)33-7-9-35)18-10-15(27)2-5-21(18)34;1-12(25)11-35-14-3-4-15(18(9-14)23(29,30)31)21(34)32-7-6-22(27,28)17(10-20(24)33)16-8-13(26)2-5-19(16)32;1-12(24)11-35-14-3-4-15(18(9-14)23(28,29)30)21(34)31-7-6-22(26,27)17(10-20(32)33)16-8-13(25)2-5-19(16)31;3-1-2-4/h2-5,10-12,14,35H,6-9,13H2,1H3,(H,33,36);2-5,8-10,12H,6-7,11H2,1H3;2-5,8-10,12H,6-7,11H2,1H3,(H,32,33);4H,1-3H2/b19-12-;2*17-10-;/t14-;2*12-;/m111./s1. The maximum absolute atomic E-state index is 15.1. The van der Waals surface area contributed by atoms with E-state index in [0.717, 1.165) is 93.6 Å². The summed E-state index contributed by atoms with van der Waals surface area (Å²) < 4.78 is 310. The van der Waals surface area contributed by atoms with E-state index >= 15 is 8.78 Å². The molecule has 0 unspecified atom stereocenters. The second-order valence-electron chi connectivity index (χ2n) is 24.5. The highest BCUT2D eigenvalue weighted by Gasteiger charge is 2.48. The van der Waals surface area contributed by atoms with Crippen molar-refractivity contribution in [2.24, 2.45) is 5.73 Å². The van der Waals surface area contributed by atoms with Crippen molar-refractivity contribution < 1.29 is 150 Å². The molecule has 17 nitrogen and oxygen atoms in total. The normalized spacial score (nSPS) is 17.0. The van der Waals surface area contributed by atoms with Crippen LogP contribution in [0.5, 0.6) is 17.2 Å². The topological polar surface area (TPSA) is 239 Å². The van der Waals surface area contributed by atoms with E-state index in [0.29, 0.717) is 69.8 Å². The highest BCUT2D eigenvalue weighted by molar-refractivity contribution is 6.67. The first-order chi connectivity index (χ1) is 52.1. The molecule has 0 aromatic heterocycles. The van der Waals surface area contributed by atoms with Gasteiger partial charge in [0.05, 0.1) is 63.7 Å². The number of carboxylic acid groups (broad SMARTS) is 1. The number of aliphatic hydroxyl groups excluding tert-OH is 2. The van der Waals surface area contributed by atoms with Crippen LogP contribution in [-0.4, -0.2) is 152 Å². The van der Waals surface area contributed by atoms with Gasteiger partial charge in [-0.25, -0.2) is 57.5 Å². The number of hydrogen-bond acceptors (Lipinski definition) is 12. The summed E-state index contributed by atoms with van der Waals surface area (Å²) >= 11 is 5.24. The van der Waals surface area contributed by atoms with Crippen molar-refractivity contribution in [1.29, 1.82) is 0 Å². The smallest absolute Gasteiger partial charge is 0.417 e. The Labute approximate surface area is 627 Å². The van der Waals surface area contributed by atoms with Crippen molar-refractivity contribution in [2.75, 3.05) is 80.5 Å². The average Bonchev–Trinajstić information content (AvgIpc) is 1.60. The number of carboxylic acids is 1. The molecule has 3 atom stereocenters. The molecule has 0 aliphatic carbocycles. The Morgan fingerprint density at radius 3 is 1.02 bits per heavy atom. The molecule has 3 aliphatic heterocycles. The summed E-state index contributed by atoms with van der Waals surface area (Å²) in [7, 11) is 0. The van der Waals surface area contributed by atoms with Crippen LogP contribution >= 0.6 is 11.6 Å². The van der Waals surface area contributed by atoms with E-state index in [1.165, 1.54) is 0 Å². The number of fused-ring (bicyclic) bond motifs is 3. The van der Waals surface area contributed by atoms with E-state index in [2.05, 4.69) is 5.32 Å². The van der Waals surface area contributed by atoms with Crippen LogP contribution in [0.25, 0.3) is 16.7 Å². The van der Waals surface area contributed by atoms with Crippen LogP contribution in [0, 0.1) is 17.5 Å². The van der Waals surface area contributed by atoms with E-state index in [1.807, 2.05) is 0 Å². The van der Waals surface area contributed by atoms with Gasteiger partial charge in [0.15, 0.2) is 0 Å². The van der Waals surface area contributed by atoms with Crippen LogP contribution in [0.15, 0.2) is 127 Å². The maximum Gasteiger partial charge on any atom is 0.417 e. The molecule has 608 valence electrons. The van der Waals surface area contributed by atoms with Crippen molar-refractivity contribution in [3.8, 4) is 17.2 Å². The summed E-state index contributed by atoms with van der Waals surface area (Å²) in [6.45, 7) is -0.775. The van der Waals surface area contributed by atoms with Crippen LogP contribution in [-0.2, 0) is 32.9 Å². The monoisotopic (exact) mass is 1640 g/mol. The molecule has 3 heterocycles. The highest BCUT2D eigenvalue weighted by Crippen LogP contribution is 2.49. The molecule has 0 saturated carbocycles. The molecule has 6 N–H and O–H groups in total. The number of carbonyl (C=O) groups is 6. The molecule has 0 bridgehead atoms. The number of nitrogens with zero attached hydrogens (tertiary/aromatic N) is 3. The first-order valence-corrected chi connectivity index (χ1v) is 33.2. The number of ether oxygens (including phenoxy) is 3. The number of benzene rings is 6. The number of carbonyl (C=O) groups excluding carboxylic acids is 5. The largest absolute Gasteiger partial charge is 0.491 e. The first kappa shape index (κ1) is 90.5. The fourth-order valence-electron chi connectivity index (χ4n) is 10.9. The summed E-state index contributed by atoms with van der Waals surface area (Å²) in [5.74, 6) is -22.2. The molecule has 112 heavy (non-hydrogen) atoms. The van der Waals surface area contributed by atoms with Crippen molar-refractivity contribution in [2.45, 2.75) is 94.8 Å². The van der Waals surface area contributed by atoms with Gasteiger partial charge in [0, 0.05) is 104 Å². The third kappa shape index (κ3) is 23.9. The highest BCUT2D eigenvalue weighted by atomic mass is 35.5. The molecule has 0 radical (unpaired) electrons. The molecular formula is C73H65ClF21N5O12. The summed E-state index contributed by atoms with van der Waals surface area (Å²) in [4.78, 5) is 76.4. The van der Waals surface area contributed by atoms with E-state index in [-0.39, 0.29) is 53.5 Å². The van der Waals surface area contributed by atoms with Gasteiger partial charge in [-0.05, 0) is 142 Å². The van der Waals surface area contributed by atoms with Crippen molar-refractivity contribution in [1.82, 2.24) is 5.32 Å². The SMILES string of the molecule is C[C@@H](F)COc1ccc(C(=O)N2CCC(F)(F)/C(=C\C(=O)Cl)c3cc(F)ccc32)c(C(F)(F)F)c1.C[C@@H](F)COc1ccc(C(=O)N2CCC(F)(F)/C(=C\C(=O)NCCO)c3cc(F)ccc32)c(C(F)(F)F)c1.C[C@@H](F)COc1ccc(C(=O)N2CCC(F)(F)/C(=C\C(=O)O)c3cc(F)ccc32)c(C(F)(F)F)c1.NCCO. The average molecular weight is 1640 g/mol. The van der Waals surface area contributed by atoms with Crippen molar-refractivity contribution in [3.05, 3.63) is 195 Å². The van der Waals surface area contributed by atoms with Crippen molar-refractivity contribution >= 4 is 80.2 Å². The number of nitrogens with one attached hydrogen (secondary N) is 1. The van der Waals surface area contributed by atoms with Crippen LogP contribution in [0.2, 0.25) is 0 Å². The Balaban J connectivity index is 0.000000256. The molecule has 6 aromatic rings. The van der Waals surface area contributed by atoms with Gasteiger partial charge in [-0.15, -0.1) is 0 Å². The zero-order valence-electron chi connectivity index (χ0n) is 58.3. The van der Waals surface area contributed by atoms with Gasteiger partial charge in [-0.2, -0.15) is 39.5 Å². The molecule has 9 rings (SSSR count). The Kier molecular flexibility index (Phi) is 30.5. The zero-order chi connectivity index (χ0) is 83.9. The van der Waals surface area contributed by atoms with Crippen LogP contribution < -0.4 is 40.0 Å². The molecule has 0 fully saturated rings. The fraction of sp³-hybridized carbons (Fsp3) is 0.342. The number of aliphatic carboxylic acids is 1. The number of aliphatic hydroxyl groups is 2. The van der Waals surface area contributed by atoms with Gasteiger partial charge in [-0.1, -0.05) is 0 Å². The number of anilines is 3. The molecule has 4 amide bonds. The van der Waals surface area contributed by atoms with E-state index in [1.54, 1.807) is 0 Å². The lowest BCUT2D eigenvalue weighted by Gasteiger charge is -2.25. The zero-order valence-corrected chi connectivity index (χ0v) is 59.1. The number of amides is 4. The number of halogens is 22. The van der Waals surface area contributed by atoms with E-state index in [4.69, 9.17) is 46.9 Å². The third-order valence-corrected chi connectivity index (χ3v) is 16.0. The molecule has 0 saturated heterocycles. The molecule has 39 heteroatoms. The van der Waals surface area contributed by atoms with Gasteiger partial charge >= 0.3 is 24.5 Å². The van der Waals surface area contributed by atoms with Crippen LogP contribution in [0.3, 0.4) is 0 Å². The Hall–Kier alpha value is -10.3. The molecule has 3 aliphatic rings. The van der Waals surface area contributed by atoms with Gasteiger partial charge in [0.1, 0.15) is 73.0 Å². The minimum Gasteiger partial charge on any atom is -0.491 e. The number of hydrogen-bond donors (Lipinski definition) is 5. The fourth-order valence-corrected chi connectivity index (χ4v) is 11.1. The minimum atomic E-state index is -5.07.